The molecule has 43 heavy (non-hydrogen) atoms. The van der Waals surface area contributed by atoms with Crippen molar-refractivity contribution >= 4 is 40.9 Å². The van der Waals surface area contributed by atoms with E-state index < -0.39 is 22.6 Å². The SMILES string of the molecule is C=CCN(C(=O)[C@@H]1[C@@H]2CC(C)C3(S2)C(C(=O)N(CC=C)c2c(C)cccc2C)N(CCCCO)C(=O)[C@H]13)c1ccccc1. The fraction of sp³-hybridized carbons (Fsp3) is 0.457. The summed E-state index contributed by atoms with van der Waals surface area (Å²) in [7, 11) is 0. The average molecular weight is 602 g/mol. The Bertz CT molecular complexity index is 1380. The van der Waals surface area contributed by atoms with E-state index in [2.05, 4.69) is 20.1 Å². The smallest absolute Gasteiger partial charge is 0.251 e. The molecule has 3 saturated heterocycles. The van der Waals surface area contributed by atoms with E-state index in [1.807, 2.05) is 62.4 Å². The first-order valence-corrected chi connectivity index (χ1v) is 16.2. The van der Waals surface area contributed by atoms with Crippen LogP contribution in [0.15, 0.2) is 73.8 Å². The largest absolute Gasteiger partial charge is 0.396 e. The van der Waals surface area contributed by atoms with Gasteiger partial charge in [-0.05, 0) is 62.3 Å². The molecule has 8 heteroatoms. The Kier molecular flexibility index (Phi) is 9.18. The van der Waals surface area contributed by atoms with Gasteiger partial charge in [0.25, 0.3) is 5.91 Å². The maximum Gasteiger partial charge on any atom is 0.251 e. The number of carbonyl (C=O) groups is 3. The molecule has 3 heterocycles. The molecule has 0 saturated carbocycles. The van der Waals surface area contributed by atoms with Crippen LogP contribution in [0, 0.1) is 31.6 Å². The molecule has 5 rings (SSSR count). The van der Waals surface area contributed by atoms with Crippen LogP contribution in [0.25, 0.3) is 0 Å². The van der Waals surface area contributed by atoms with E-state index in [1.54, 1.807) is 38.6 Å². The predicted molar refractivity (Wildman–Crippen MR) is 174 cm³/mol. The van der Waals surface area contributed by atoms with Crippen LogP contribution in [0.5, 0.6) is 0 Å². The first-order chi connectivity index (χ1) is 20.7. The van der Waals surface area contributed by atoms with Crippen LogP contribution in [0.4, 0.5) is 11.4 Å². The minimum absolute atomic E-state index is 0.0160. The molecule has 2 bridgehead atoms. The quantitative estimate of drug-likeness (QED) is 0.269. The highest BCUT2D eigenvalue weighted by atomic mass is 32.2. The van der Waals surface area contributed by atoms with E-state index in [9.17, 15) is 19.5 Å². The summed E-state index contributed by atoms with van der Waals surface area (Å²) in [6.07, 6.45) is 5.32. The zero-order valence-corrected chi connectivity index (χ0v) is 26.3. The Morgan fingerprint density at radius 1 is 1.00 bits per heavy atom. The van der Waals surface area contributed by atoms with E-state index in [-0.39, 0.29) is 35.5 Å². The summed E-state index contributed by atoms with van der Waals surface area (Å²) in [6, 6.07) is 14.8. The summed E-state index contributed by atoms with van der Waals surface area (Å²) in [5.74, 6) is -1.43. The topological polar surface area (TPSA) is 81.2 Å². The first kappa shape index (κ1) is 31.1. The van der Waals surface area contributed by atoms with Gasteiger partial charge in [0, 0.05) is 42.9 Å². The lowest BCUT2D eigenvalue weighted by molar-refractivity contribution is -0.139. The minimum Gasteiger partial charge on any atom is -0.396 e. The molecule has 3 aliphatic heterocycles. The number of aliphatic hydroxyl groups is 1. The number of unbranched alkanes of at least 4 members (excludes halogenated alkanes) is 1. The second-order valence-electron chi connectivity index (χ2n) is 12.1. The standard InChI is InChI=1S/C35H43N3O4S/c1-6-18-36(26-16-9-8-10-17-26)32(40)28-27-22-25(5)35(43-27)29(28)33(41)38(20-11-12-21-39)31(35)34(42)37(19-7-2)30-23(3)14-13-15-24(30)4/h6-10,13-17,25,27-29,31,39H,1-2,11-12,18-22H2,3-5H3/t25?,27-,28+,29-,31?,35?/m0/s1. The van der Waals surface area contributed by atoms with Gasteiger partial charge in [0.1, 0.15) is 6.04 Å². The van der Waals surface area contributed by atoms with Crippen LogP contribution in [-0.2, 0) is 14.4 Å². The zero-order chi connectivity index (χ0) is 30.9. The molecule has 2 aromatic rings. The molecule has 3 amide bonds. The van der Waals surface area contributed by atoms with Crippen molar-refractivity contribution in [1.82, 2.24) is 4.90 Å². The summed E-state index contributed by atoms with van der Waals surface area (Å²) < 4.78 is -0.731. The third-order valence-corrected chi connectivity index (χ3v) is 11.6. The number of thioether (sulfide) groups is 1. The number of amides is 3. The fourth-order valence-electron chi connectivity index (χ4n) is 7.75. The molecule has 0 aliphatic carbocycles. The van der Waals surface area contributed by atoms with Gasteiger partial charge in [-0.25, -0.2) is 0 Å². The molecule has 3 aliphatic rings. The van der Waals surface area contributed by atoms with Crippen molar-refractivity contribution in [2.24, 2.45) is 17.8 Å². The van der Waals surface area contributed by atoms with Gasteiger partial charge in [-0.3, -0.25) is 14.4 Å². The highest BCUT2D eigenvalue weighted by Gasteiger charge is 2.76. The second-order valence-corrected chi connectivity index (χ2v) is 13.6. The molecule has 1 N–H and O–H groups in total. The predicted octanol–water partition coefficient (Wildman–Crippen LogP) is 5.15. The number of fused-ring (bicyclic) bond motifs is 1. The van der Waals surface area contributed by atoms with Crippen molar-refractivity contribution in [3.8, 4) is 0 Å². The van der Waals surface area contributed by atoms with E-state index in [4.69, 9.17) is 0 Å². The van der Waals surface area contributed by atoms with Crippen LogP contribution in [0.2, 0.25) is 0 Å². The molecule has 3 fully saturated rings. The average Bonchev–Trinajstić information content (AvgIpc) is 3.59. The molecule has 0 radical (unpaired) electrons. The summed E-state index contributed by atoms with van der Waals surface area (Å²) in [6.45, 7) is 15.0. The van der Waals surface area contributed by atoms with Gasteiger partial charge in [0.05, 0.1) is 16.6 Å². The van der Waals surface area contributed by atoms with E-state index in [0.29, 0.717) is 32.5 Å². The molecular weight excluding hydrogens is 558 g/mol. The van der Waals surface area contributed by atoms with Crippen molar-refractivity contribution in [1.29, 1.82) is 0 Å². The van der Waals surface area contributed by atoms with Crippen LogP contribution in [0.3, 0.4) is 0 Å². The van der Waals surface area contributed by atoms with Gasteiger partial charge >= 0.3 is 0 Å². The number of anilines is 2. The van der Waals surface area contributed by atoms with Crippen molar-refractivity contribution in [3.05, 3.63) is 85.0 Å². The summed E-state index contributed by atoms with van der Waals surface area (Å²) in [5, 5.41) is 9.48. The van der Waals surface area contributed by atoms with E-state index in [0.717, 1.165) is 28.9 Å². The van der Waals surface area contributed by atoms with Gasteiger partial charge in [0.2, 0.25) is 11.8 Å². The van der Waals surface area contributed by atoms with E-state index >= 15 is 0 Å². The summed E-state index contributed by atoms with van der Waals surface area (Å²) in [4.78, 5) is 49.3. The number of carbonyl (C=O) groups excluding carboxylic acids is 3. The van der Waals surface area contributed by atoms with Crippen LogP contribution < -0.4 is 9.80 Å². The maximum atomic E-state index is 14.9. The van der Waals surface area contributed by atoms with Crippen LogP contribution >= 0.6 is 11.8 Å². The zero-order valence-electron chi connectivity index (χ0n) is 25.4. The first-order valence-electron chi connectivity index (χ1n) is 15.3. The number of benzene rings is 2. The molecule has 3 unspecified atom stereocenters. The van der Waals surface area contributed by atoms with Crippen molar-refractivity contribution < 1.29 is 19.5 Å². The van der Waals surface area contributed by atoms with Gasteiger partial charge in [-0.15, -0.1) is 24.9 Å². The number of hydrogen-bond acceptors (Lipinski definition) is 5. The Labute approximate surface area is 259 Å². The molecular formula is C35H43N3O4S. The Balaban J connectivity index is 1.60. The molecule has 7 nitrogen and oxygen atoms in total. The number of aryl methyl sites for hydroxylation is 2. The normalized spacial score (nSPS) is 27.2. The number of hydrogen-bond donors (Lipinski definition) is 1. The van der Waals surface area contributed by atoms with E-state index in [1.165, 1.54) is 0 Å². The van der Waals surface area contributed by atoms with Gasteiger partial charge in [-0.1, -0.05) is 55.5 Å². The van der Waals surface area contributed by atoms with Gasteiger partial charge in [-0.2, -0.15) is 0 Å². The van der Waals surface area contributed by atoms with Crippen molar-refractivity contribution in [3.63, 3.8) is 0 Å². The Morgan fingerprint density at radius 2 is 1.65 bits per heavy atom. The third kappa shape index (κ3) is 5.12. The Hall–Kier alpha value is -3.36. The number of rotatable bonds is 12. The lowest BCUT2D eigenvalue weighted by atomic mass is 9.65. The van der Waals surface area contributed by atoms with Crippen molar-refractivity contribution in [2.45, 2.75) is 56.1 Å². The lowest BCUT2D eigenvalue weighted by Crippen LogP contribution is -2.58. The summed E-state index contributed by atoms with van der Waals surface area (Å²) >= 11 is 1.69. The van der Waals surface area contributed by atoms with Gasteiger partial charge < -0.3 is 19.8 Å². The number of para-hydroxylation sites is 2. The highest BCUT2D eigenvalue weighted by Crippen LogP contribution is 2.69. The molecule has 2 aromatic carbocycles. The van der Waals surface area contributed by atoms with Crippen LogP contribution in [-0.4, -0.2) is 70.0 Å². The number of nitrogens with zero attached hydrogens (tertiary/aromatic N) is 3. The lowest BCUT2D eigenvalue weighted by Gasteiger charge is -2.41. The Morgan fingerprint density at radius 3 is 2.28 bits per heavy atom. The van der Waals surface area contributed by atoms with Crippen LogP contribution in [0.1, 0.15) is 37.3 Å². The van der Waals surface area contributed by atoms with Gasteiger partial charge in [0.15, 0.2) is 0 Å². The highest BCUT2D eigenvalue weighted by molar-refractivity contribution is 8.02. The summed E-state index contributed by atoms with van der Waals surface area (Å²) in [5.41, 5.74) is 3.57. The third-order valence-electron chi connectivity index (χ3n) is 9.50. The molecule has 0 aromatic heterocycles. The molecule has 1 spiro atoms. The van der Waals surface area contributed by atoms with Crippen molar-refractivity contribution in [2.75, 3.05) is 36.0 Å². The fourth-order valence-corrected chi connectivity index (χ4v) is 10.2. The second kappa shape index (κ2) is 12.7. The monoisotopic (exact) mass is 601 g/mol. The number of aliphatic hydroxyl groups excluding tert-OH is 1. The minimum atomic E-state index is -0.731. The molecule has 6 atom stereocenters. The molecule has 228 valence electrons. The maximum absolute atomic E-state index is 14.9. The number of likely N-dealkylation sites (tertiary alicyclic amines) is 1.